The molecule has 26 heavy (non-hydrogen) atoms. The lowest BCUT2D eigenvalue weighted by Gasteiger charge is -2.27. The Bertz CT molecular complexity index is 391. The molecule has 0 radical (unpaired) electrons. The Balaban J connectivity index is 2.45. The van der Waals surface area contributed by atoms with Crippen molar-refractivity contribution in [2.75, 3.05) is 39.3 Å². The van der Waals surface area contributed by atoms with Gasteiger partial charge < -0.3 is 14.5 Å². The molecular formula is C21H40N2O3. The first-order valence-corrected chi connectivity index (χ1v) is 10.8. The number of rotatable bonds is 13. The van der Waals surface area contributed by atoms with Gasteiger partial charge in [0.15, 0.2) is 0 Å². The molecule has 0 bridgehead atoms. The van der Waals surface area contributed by atoms with Crippen molar-refractivity contribution in [2.24, 2.45) is 5.92 Å². The summed E-state index contributed by atoms with van der Waals surface area (Å²) >= 11 is 0. The van der Waals surface area contributed by atoms with Gasteiger partial charge in [-0.1, -0.05) is 33.1 Å². The molecule has 0 spiro atoms. The summed E-state index contributed by atoms with van der Waals surface area (Å²) in [6, 6.07) is 0. The summed E-state index contributed by atoms with van der Waals surface area (Å²) in [4.78, 5) is 28.8. The zero-order valence-electron chi connectivity index (χ0n) is 17.3. The fourth-order valence-electron chi connectivity index (χ4n) is 3.77. The van der Waals surface area contributed by atoms with Crippen LogP contribution in [-0.4, -0.2) is 61.0 Å². The molecule has 152 valence electrons. The molecule has 1 rings (SSSR count). The van der Waals surface area contributed by atoms with Crippen molar-refractivity contribution >= 4 is 11.9 Å². The van der Waals surface area contributed by atoms with Crippen LogP contribution in [0.1, 0.15) is 78.6 Å². The standard InChI is InChI=1S/C21H40N2O3/c1-4-22(5-2)15-10-11-16-23(17-14-21(25)26-6-3)20(24)18-19-12-8-7-9-13-19/h19H,4-18H2,1-3H3. The highest BCUT2D eigenvalue weighted by Crippen LogP contribution is 2.27. The highest BCUT2D eigenvalue weighted by Gasteiger charge is 2.21. The van der Waals surface area contributed by atoms with E-state index < -0.39 is 0 Å². The third-order valence-corrected chi connectivity index (χ3v) is 5.48. The molecular weight excluding hydrogens is 328 g/mol. The number of esters is 1. The van der Waals surface area contributed by atoms with Gasteiger partial charge >= 0.3 is 5.97 Å². The summed E-state index contributed by atoms with van der Waals surface area (Å²) < 4.78 is 5.02. The maximum Gasteiger partial charge on any atom is 0.307 e. The third-order valence-electron chi connectivity index (χ3n) is 5.48. The third kappa shape index (κ3) is 9.56. The highest BCUT2D eigenvalue weighted by molar-refractivity contribution is 5.77. The van der Waals surface area contributed by atoms with Gasteiger partial charge in [-0.25, -0.2) is 0 Å². The zero-order valence-corrected chi connectivity index (χ0v) is 17.3. The number of carbonyl (C=O) groups excluding carboxylic acids is 2. The minimum absolute atomic E-state index is 0.203. The van der Waals surface area contributed by atoms with Crippen molar-refractivity contribution in [3.63, 3.8) is 0 Å². The van der Waals surface area contributed by atoms with E-state index in [-0.39, 0.29) is 11.9 Å². The molecule has 5 nitrogen and oxygen atoms in total. The number of unbranched alkanes of at least 4 members (excludes halogenated alkanes) is 1. The number of hydrogen-bond donors (Lipinski definition) is 0. The molecule has 0 aliphatic heterocycles. The average Bonchev–Trinajstić information content (AvgIpc) is 2.65. The van der Waals surface area contributed by atoms with Gasteiger partial charge in [-0.2, -0.15) is 0 Å². The summed E-state index contributed by atoms with van der Waals surface area (Å²) in [5.74, 6) is 0.562. The first-order chi connectivity index (χ1) is 12.6. The summed E-state index contributed by atoms with van der Waals surface area (Å²) in [6.45, 7) is 11.1. The van der Waals surface area contributed by atoms with Crippen LogP contribution in [0.2, 0.25) is 0 Å². The van der Waals surface area contributed by atoms with Gasteiger partial charge in [0.1, 0.15) is 0 Å². The fourth-order valence-corrected chi connectivity index (χ4v) is 3.77. The molecule has 0 aromatic rings. The Morgan fingerprint density at radius 1 is 0.923 bits per heavy atom. The van der Waals surface area contributed by atoms with E-state index >= 15 is 0 Å². The molecule has 1 amide bonds. The molecule has 1 aliphatic rings. The summed E-state index contributed by atoms with van der Waals surface area (Å²) in [6.07, 6.45) is 9.22. The van der Waals surface area contributed by atoms with E-state index in [4.69, 9.17) is 4.74 Å². The smallest absolute Gasteiger partial charge is 0.307 e. The lowest BCUT2D eigenvalue weighted by molar-refractivity contribution is -0.144. The fraction of sp³-hybridized carbons (Fsp3) is 0.905. The van der Waals surface area contributed by atoms with Crippen LogP contribution in [0.25, 0.3) is 0 Å². The quantitative estimate of drug-likeness (QED) is 0.366. The average molecular weight is 369 g/mol. The second-order valence-corrected chi connectivity index (χ2v) is 7.38. The van der Waals surface area contributed by atoms with E-state index in [1.54, 1.807) is 0 Å². The SMILES string of the molecule is CCOC(=O)CCN(CCCCN(CC)CC)C(=O)CC1CCCCC1. The number of amides is 1. The van der Waals surface area contributed by atoms with Crippen LogP contribution in [0.3, 0.4) is 0 Å². The number of ether oxygens (including phenoxy) is 1. The summed E-state index contributed by atoms with van der Waals surface area (Å²) in [7, 11) is 0. The van der Waals surface area contributed by atoms with Crippen LogP contribution in [0.4, 0.5) is 0 Å². The van der Waals surface area contributed by atoms with Crippen molar-refractivity contribution < 1.29 is 14.3 Å². The number of nitrogens with zero attached hydrogens (tertiary/aromatic N) is 2. The van der Waals surface area contributed by atoms with E-state index in [0.29, 0.717) is 31.9 Å². The Hall–Kier alpha value is -1.10. The van der Waals surface area contributed by atoms with Gasteiger partial charge in [-0.05, 0) is 58.2 Å². The zero-order chi connectivity index (χ0) is 19.2. The van der Waals surface area contributed by atoms with Gasteiger partial charge in [0.2, 0.25) is 5.91 Å². The monoisotopic (exact) mass is 368 g/mol. The topological polar surface area (TPSA) is 49.9 Å². The van der Waals surface area contributed by atoms with Gasteiger partial charge in [-0.15, -0.1) is 0 Å². The van der Waals surface area contributed by atoms with E-state index in [1.165, 1.54) is 32.1 Å². The minimum Gasteiger partial charge on any atom is -0.466 e. The first kappa shape index (κ1) is 22.9. The maximum atomic E-state index is 12.8. The van der Waals surface area contributed by atoms with Gasteiger partial charge in [-0.3, -0.25) is 9.59 Å². The lowest BCUT2D eigenvalue weighted by atomic mass is 9.86. The Morgan fingerprint density at radius 2 is 1.58 bits per heavy atom. The van der Waals surface area contributed by atoms with Crippen LogP contribution in [0, 0.1) is 5.92 Å². The van der Waals surface area contributed by atoms with Crippen LogP contribution in [-0.2, 0) is 14.3 Å². The molecule has 0 atom stereocenters. The molecule has 0 aromatic heterocycles. The van der Waals surface area contributed by atoms with Crippen molar-refractivity contribution in [3.8, 4) is 0 Å². The molecule has 1 aliphatic carbocycles. The van der Waals surface area contributed by atoms with Gasteiger partial charge in [0, 0.05) is 19.5 Å². The maximum absolute atomic E-state index is 12.8. The Kier molecular flexibility index (Phi) is 12.4. The van der Waals surface area contributed by atoms with Crippen molar-refractivity contribution in [2.45, 2.75) is 78.6 Å². The second kappa shape index (κ2) is 14.0. The Morgan fingerprint density at radius 3 is 2.19 bits per heavy atom. The lowest BCUT2D eigenvalue weighted by Crippen LogP contribution is -2.36. The van der Waals surface area contributed by atoms with E-state index in [1.807, 2.05) is 11.8 Å². The number of carbonyl (C=O) groups is 2. The van der Waals surface area contributed by atoms with Crippen molar-refractivity contribution in [3.05, 3.63) is 0 Å². The first-order valence-electron chi connectivity index (χ1n) is 10.8. The van der Waals surface area contributed by atoms with Gasteiger partial charge in [0.25, 0.3) is 0 Å². The van der Waals surface area contributed by atoms with Crippen molar-refractivity contribution in [1.82, 2.24) is 9.80 Å². The summed E-state index contributed by atoms with van der Waals surface area (Å²) in [5, 5.41) is 0. The minimum atomic E-state index is -0.203. The second-order valence-electron chi connectivity index (χ2n) is 7.38. The normalized spacial score (nSPS) is 15.2. The predicted octanol–water partition coefficient (Wildman–Crippen LogP) is 3.86. The van der Waals surface area contributed by atoms with Crippen LogP contribution in [0.15, 0.2) is 0 Å². The van der Waals surface area contributed by atoms with E-state index in [2.05, 4.69) is 18.7 Å². The molecule has 1 fully saturated rings. The van der Waals surface area contributed by atoms with E-state index in [9.17, 15) is 9.59 Å². The Labute approximate surface area is 160 Å². The molecule has 0 N–H and O–H groups in total. The van der Waals surface area contributed by atoms with Crippen LogP contribution < -0.4 is 0 Å². The van der Waals surface area contributed by atoms with Crippen molar-refractivity contribution in [1.29, 1.82) is 0 Å². The molecule has 1 saturated carbocycles. The summed E-state index contributed by atoms with van der Waals surface area (Å²) in [5.41, 5.74) is 0. The number of hydrogen-bond acceptors (Lipinski definition) is 4. The van der Waals surface area contributed by atoms with Gasteiger partial charge in [0.05, 0.1) is 13.0 Å². The largest absolute Gasteiger partial charge is 0.466 e. The van der Waals surface area contributed by atoms with Crippen LogP contribution >= 0.6 is 0 Å². The highest BCUT2D eigenvalue weighted by atomic mass is 16.5. The molecule has 0 heterocycles. The molecule has 0 unspecified atom stereocenters. The molecule has 0 saturated heterocycles. The molecule has 5 heteroatoms. The predicted molar refractivity (Wildman–Crippen MR) is 106 cm³/mol. The van der Waals surface area contributed by atoms with E-state index in [0.717, 1.165) is 39.0 Å². The molecule has 0 aromatic carbocycles. The van der Waals surface area contributed by atoms with Crippen LogP contribution in [0.5, 0.6) is 0 Å².